The number of benzene rings is 1. The van der Waals surface area contributed by atoms with Crippen LogP contribution in [0.4, 0.5) is 0 Å². The number of oxime groups is 1. The quantitative estimate of drug-likeness (QED) is 0.113. The lowest BCUT2D eigenvalue weighted by Crippen LogP contribution is -2.14. The molecule has 0 amide bonds. The highest BCUT2D eigenvalue weighted by atomic mass is 35.5. The molecule has 1 aromatic carbocycles. The fourth-order valence-electron chi connectivity index (χ4n) is 2.09. The Labute approximate surface area is 165 Å². The zero-order valence-corrected chi connectivity index (χ0v) is 15.6. The fraction of sp³-hybridized carbons (Fsp3) is 0.353. The van der Waals surface area contributed by atoms with E-state index in [1.54, 1.807) is 24.3 Å². The van der Waals surface area contributed by atoms with Crippen molar-refractivity contribution in [2.24, 2.45) is 10.9 Å². The highest BCUT2D eigenvalue weighted by Crippen LogP contribution is 2.18. The molecular weight excluding hydrogens is 392 g/mol. The van der Waals surface area contributed by atoms with Crippen LogP contribution in [0.1, 0.15) is 24.3 Å². The molecule has 2 aromatic rings. The van der Waals surface area contributed by atoms with E-state index in [1.807, 2.05) is 0 Å². The highest BCUT2D eigenvalue weighted by Gasteiger charge is 2.12. The predicted octanol–water partition coefficient (Wildman–Crippen LogP) is 1.48. The van der Waals surface area contributed by atoms with Crippen molar-refractivity contribution < 1.29 is 28.8 Å². The fourth-order valence-corrected chi connectivity index (χ4v) is 2.24. The Kier molecular flexibility index (Phi) is 8.22. The van der Waals surface area contributed by atoms with Gasteiger partial charge in [0, 0.05) is 23.4 Å². The molecule has 0 radical (unpaired) electrons. The van der Waals surface area contributed by atoms with Gasteiger partial charge in [-0.1, -0.05) is 28.5 Å². The van der Waals surface area contributed by atoms with Gasteiger partial charge in [0.15, 0.2) is 5.84 Å². The van der Waals surface area contributed by atoms with Crippen molar-refractivity contribution >= 4 is 29.4 Å². The van der Waals surface area contributed by atoms with E-state index in [0.29, 0.717) is 17.0 Å². The van der Waals surface area contributed by atoms with Crippen molar-refractivity contribution in [3.05, 3.63) is 35.7 Å². The minimum Gasteiger partial charge on any atom is -0.462 e. The molecule has 3 N–H and O–H groups in total. The smallest absolute Gasteiger partial charge is 0.307 e. The Hall–Kier alpha value is -3.14. The van der Waals surface area contributed by atoms with Gasteiger partial charge in [-0.2, -0.15) is 4.98 Å². The number of hydrogen-bond acceptors (Lipinski definition) is 9. The minimum atomic E-state index is -0.484. The van der Waals surface area contributed by atoms with E-state index in [4.69, 9.17) is 36.5 Å². The van der Waals surface area contributed by atoms with Crippen LogP contribution in [0.15, 0.2) is 33.9 Å². The molecule has 0 aliphatic carbocycles. The molecule has 1 heterocycles. The van der Waals surface area contributed by atoms with Crippen LogP contribution in [0.25, 0.3) is 11.4 Å². The van der Waals surface area contributed by atoms with Crippen molar-refractivity contribution in [2.75, 3.05) is 19.1 Å². The standard InChI is InChI=1S/C17H19ClN4O6/c18-7-6-15(24)27-9-8-26-14(23)5-4-13-20-17(22-28-13)12-3-1-2-11(10-12)16(19)21-25/h1-3,10,25H,4-9H2,(H2,19,21). The van der Waals surface area contributed by atoms with Gasteiger partial charge in [0.05, 0.1) is 12.8 Å². The van der Waals surface area contributed by atoms with Crippen molar-refractivity contribution in [2.45, 2.75) is 19.3 Å². The maximum Gasteiger partial charge on any atom is 0.307 e. The summed E-state index contributed by atoms with van der Waals surface area (Å²) in [7, 11) is 0. The summed E-state index contributed by atoms with van der Waals surface area (Å²) in [5.74, 6) is -0.224. The normalized spacial score (nSPS) is 11.2. The minimum absolute atomic E-state index is 0.0250. The van der Waals surface area contributed by atoms with Crippen LogP contribution in [0.2, 0.25) is 0 Å². The number of amidine groups is 1. The van der Waals surface area contributed by atoms with E-state index in [1.165, 1.54) is 0 Å². The van der Waals surface area contributed by atoms with Gasteiger partial charge < -0.3 is 24.9 Å². The summed E-state index contributed by atoms with van der Waals surface area (Å²) in [6.07, 6.45) is 0.330. The lowest BCUT2D eigenvalue weighted by atomic mass is 10.1. The van der Waals surface area contributed by atoms with Gasteiger partial charge in [0.25, 0.3) is 0 Å². The highest BCUT2D eigenvalue weighted by molar-refractivity contribution is 6.18. The molecule has 2 rings (SSSR count). The Morgan fingerprint density at radius 2 is 1.93 bits per heavy atom. The Bertz CT molecular complexity index is 839. The number of aryl methyl sites for hydroxylation is 1. The number of hydrogen-bond donors (Lipinski definition) is 2. The van der Waals surface area contributed by atoms with E-state index in [-0.39, 0.29) is 50.1 Å². The number of alkyl halides is 1. The molecule has 0 unspecified atom stereocenters. The molecule has 0 saturated carbocycles. The molecule has 0 spiro atoms. The topological polar surface area (TPSA) is 150 Å². The third-order valence-corrected chi connectivity index (χ3v) is 3.63. The first-order valence-electron chi connectivity index (χ1n) is 8.31. The summed E-state index contributed by atoms with van der Waals surface area (Å²) >= 11 is 5.40. The zero-order valence-electron chi connectivity index (χ0n) is 14.8. The van der Waals surface area contributed by atoms with Gasteiger partial charge in [-0.15, -0.1) is 11.6 Å². The molecule has 28 heavy (non-hydrogen) atoms. The maximum atomic E-state index is 11.7. The first-order valence-corrected chi connectivity index (χ1v) is 8.85. The maximum absolute atomic E-state index is 11.7. The number of nitrogens with zero attached hydrogens (tertiary/aromatic N) is 3. The first kappa shape index (κ1) is 21.2. The molecule has 0 saturated heterocycles. The van der Waals surface area contributed by atoms with E-state index >= 15 is 0 Å². The van der Waals surface area contributed by atoms with Gasteiger partial charge in [-0.25, -0.2) is 0 Å². The van der Waals surface area contributed by atoms with E-state index in [9.17, 15) is 9.59 Å². The first-order chi connectivity index (χ1) is 13.5. The number of carbonyl (C=O) groups is 2. The Morgan fingerprint density at radius 1 is 1.21 bits per heavy atom. The lowest BCUT2D eigenvalue weighted by molar-refractivity contribution is -0.152. The average Bonchev–Trinajstić information content (AvgIpc) is 3.18. The number of aromatic nitrogens is 2. The molecule has 1 aromatic heterocycles. The van der Waals surface area contributed by atoms with Crippen molar-refractivity contribution in [1.82, 2.24) is 10.1 Å². The molecule has 11 heteroatoms. The molecule has 10 nitrogen and oxygen atoms in total. The van der Waals surface area contributed by atoms with Crippen LogP contribution in [0, 0.1) is 0 Å². The van der Waals surface area contributed by atoms with Crippen LogP contribution < -0.4 is 5.73 Å². The second kappa shape index (κ2) is 10.9. The van der Waals surface area contributed by atoms with Crippen LogP contribution in [-0.2, 0) is 25.5 Å². The second-order valence-corrected chi connectivity index (χ2v) is 5.84. The van der Waals surface area contributed by atoms with Crippen molar-refractivity contribution in [3.63, 3.8) is 0 Å². The summed E-state index contributed by atoms with van der Waals surface area (Å²) < 4.78 is 14.9. The number of rotatable bonds is 10. The zero-order chi connectivity index (χ0) is 20.4. The van der Waals surface area contributed by atoms with E-state index < -0.39 is 11.9 Å². The average molecular weight is 411 g/mol. The summed E-state index contributed by atoms with van der Waals surface area (Å²) in [6.45, 7) is -0.0641. The number of nitrogens with two attached hydrogens (primary N) is 1. The van der Waals surface area contributed by atoms with Crippen molar-refractivity contribution in [3.8, 4) is 11.4 Å². The van der Waals surface area contributed by atoms with Crippen LogP contribution in [-0.4, -0.2) is 52.2 Å². The molecule has 0 fully saturated rings. The van der Waals surface area contributed by atoms with Crippen molar-refractivity contribution in [1.29, 1.82) is 0 Å². The monoisotopic (exact) mass is 410 g/mol. The summed E-state index contributed by atoms with van der Waals surface area (Å²) in [4.78, 5) is 27.0. The lowest BCUT2D eigenvalue weighted by Gasteiger charge is -2.05. The van der Waals surface area contributed by atoms with Gasteiger partial charge >= 0.3 is 11.9 Å². The molecule has 0 aliphatic rings. The largest absolute Gasteiger partial charge is 0.462 e. The molecule has 0 atom stereocenters. The van der Waals surface area contributed by atoms with Crippen LogP contribution in [0.5, 0.6) is 0 Å². The summed E-state index contributed by atoms with van der Waals surface area (Å²) in [5, 5.41) is 15.5. The molecular formula is C17H19ClN4O6. The number of halogens is 1. The van der Waals surface area contributed by atoms with E-state index in [2.05, 4.69) is 15.3 Å². The number of carbonyl (C=O) groups excluding carboxylic acids is 2. The molecule has 150 valence electrons. The van der Waals surface area contributed by atoms with Gasteiger partial charge in [0.1, 0.15) is 13.2 Å². The predicted molar refractivity (Wildman–Crippen MR) is 97.8 cm³/mol. The Morgan fingerprint density at radius 3 is 2.61 bits per heavy atom. The third kappa shape index (κ3) is 6.54. The Balaban J connectivity index is 1.80. The third-order valence-electron chi connectivity index (χ3n) is 3.44. The SMILES string of the molecule is N/C(=N\O)c1cccc(-c2noc(CCC(=O)OCCOC(=O)CCCl)n2)c1. The molecule has 0 aliphatic heterocycles. The van der Waals surface area contributed by atoms with Gasteiger partial charge in [-0.05, 0) is 6.07 Å². The number of esters is 2. The molecule has 0 bridgehead atoms. The summed E-state index contributed by atoms with van der Waals surface area (Å²) in [5.41, 5.74) is 6.67. The number of ether oxygens (including phenoxy) is 2. The van der Waals surface area contributed by atoms with Crippen LogP contribution >= 0.6 is 11.6 Å². The van der Waals surface area contributed by atoms with Gasteiger partial charge in [-0.3, -0.25) is 9.59 Å². The van der Waals surface area contributed by atoms with Gasteiger partial charge in [0.2, 0.25) is 11.7 Å². The second-order valence-electron chi connectivity index (χ2n) is 5.46. The van der Waals surface area contributed by atoms with Crippen LogP contribution in [0.3, 0.4) is 0 Å². The summed E-state index contributed by atoms with van der Waals surface area (Å²) in [6, 6.07) is 6.75. The van der Waals surface area contributed by atoms with E-state index in [0.717, 1.165) is 0 Å².